The number of unbranched alkanes of at least 4 members (excludes halogenated alkanes) is 1. The predicted octanol–water partition coefficient (Wildman–Crippen LogP) is 5.24. The number of anilines is 1. The molecule has 7 nitrogen and oxygen atoms in total. The molecular weight excluding hydrogens is 380 g/mol. The van der Waals surface area contributed by atoms with Crippen molar-refractivity contribution in [3.05, 3.63) is 47.0 Å². The number of hydrazone groups is 1. The number of nitrogens with one attached hydrogen (secondary N) is 1. The van der Waals surface area contributed by atoms with Gasteiger partial charge in [0, 0.05) is 5.92 Å². The number of oxazole rings is 1. The SMILES string of the molecule is CCCCC1CCC(c2nc(C#N)c(N/N=C\c3ccc(C(=O)OC)cc3)o2)CC1. The third kappa shape index (κ3) is 5.47. The van der Waals surface area contributed by atoms with Crippen molar-refractivity contribution in [3.8, 4) is 6.07 Å². The molecule has 2 aromatic rings. The molecule has 1 aliphatic carbocycles. The molecule has 0 amide bonds. The lowest BCUT2D eigenvalue weighted by Crippen LogP contribution is -2.13. The van der Waals surface area contributed by atoms with Gasteiger partial charge in [0.2, 0.25) is 11.6 Å². The van der Waals surface area contributed by atoms with Crippen LogP contribution >= 0.6 is 0 Å². The number of methoxy groups -OCH3 is 1. The lowest BCUT2D eigenvalue weighted by molar-refractivity contribution is 0.0600. The number of nitriles is 1. The first kappa shape index (κ1) is 21.6. The number of aromatic nitrogens is 1. The van der Waals surface area contributed by atoms with Crippen LogP contribution in [-0.2, 0) is 4.74 Å². The first-order valence-corrected chi connectivity index (χ1v) is 10.5. The van der Waals surface area contributed by atoms with Gasteiger partial charge in [0.25, 0.3) is 5.88 Å². The maximum Gasteiger partial charge on any atom is 0.337 e. The van der Waals surface area contributed by atoms with Gasteiger partial charge in [-0.15, -0.1) is 0 Å². The molecule has 0 bridgehead atoms. The van der Waals surface area contributed by atoms with Crippen LogP contribution in [0.3, 0.4) is 0 Å². The molecule has 0 aliphatic heterocycles. The highest BCUT2D eigenvalue weighted by atomic mass is 16.5. The van der Waals surface area contributed by atoms with E-state index in [-0.39, 0.29) is 23.5 Å². The zero-order valence-electron chi connectivity index (χ0n) is 17.6. The molecule has 1 saturated carbocycles. The first-order chi connectivity index (χ1) is 14.6. The summed E-state index contributed by atoms with van der Waals surface area (Å²) >= 11 is 0. The first-order valence-electron chi connectivity index (χ1n) is 10.5. The van der Waals surface area contributed by atoms with Crippen molar-refractivity contribution in [2.45, 2.75) is 57.8 Å². The van der Waals surface area contributed by atoms with E-state index in [4.69, 9.17) is 4.42 Å². The fraction of sp³-hybridized carbons (Fsp3) is 0.478. The number of esters is 1. The van der Waals surface area contributed by atoms with Crippen molar-refractivity contribution < 1.29 is 13.9 Å². The van der Waals surface area contributed by atoms with E-state index in [1.54, 1.807) is 30.5 Å². The summed E-state index contributed by atoms with van der Waals surface area (Å²) in [4.78, 5) is 15.9. The van der Waals surface area contributed by atoms with E-state index in [0.717, 1.165) is 24.3 Å². The lowest BCUT2D eigenvalue weighted by Gasteiger charge is -2.26. The Morgan fingerprint density at radius 3 is 2.70 bits per heavy atom. The smallest absolute Gasteiger partial charge is 0.337 e. The zero-order chi connectivity index (χ0) is 21.3. The molecule has 0 unspecified atom stereocenters. The van der Waals surface area contributed by atoms with Crippen LogP contribution in [0.25, 0.3) is 0 Å². The summed E-state index contributed by atoms with van der Waals surface area (Å²) < 4.78 is 10.5. The Labute approximate surface area is 177 Å². The molecule has 30 heavy (non-hydrogen) atoms. The standard InChI is InChI=1S/C23H28N4O3/c1-3-4-5-16-6-10-18(11-7-16)21-26-20(14-24)22(30-21)27-25-15-17-8-12-19(13-9-17)23(28)29-2/h8-9,12-13,15-16,18,27H,3-7,10-11H2,1-2H3/b25-15-. The third-order valence-electron chi connectivity index (χ3n) is 5.62. The molecule has 1 heterocycles. The van der Waals surface area contributed by atoms with Gasteiger partial charge >= 0.3 is 5.97 Å². The summed E-state index contributed by atoms with van der Waals surface area (Å²) in [6.45, 7) is 2.23. The van der Waals surface area contributed by atoms with Gasteiger partial charge in [-0.05, 0) is 49.3 Å². The molecule has 1 aliphatic rings. The van der Waals surface area contributed by atoms with Crippen molar-refractivity contribution in [2.75, 3.05) is 12.5 Å². The van der Waals surface area contributed by atoms with Gasteiger partial charge in [0.1, 0.15) is 6.07 Å². The van der Waals surface area contributed by atoms with Crippen molar-refractivity contribution in [1.82, 2.24) is 4.98 Å². The van der Waals surface area contributed by atoms with Crippen LogP contribution in [0.1, 0.15) is 85.3 Å². The topological polar surface area (TPSA) is 101 Å². The normalized spacial score (nSPS) is 18.8. The summed E-state index contributed by atoms with van der Waals surface area (Å²) in [5, 5.41) is 13.5. The molecule has 7 heteroatoms. The number of hydrogen-bond donors (Lipinski definition) is 1. The van der Waals surface area contributed by atoms with Gasteiger partial charge in [0.15, 0.2) is 0 Å². The maximum atomic E-state index is 11.5. The molecule has 0 spiro atoms. The fourth-order valence-corrected chi connectivity index (χ4v) is 3.84. The number of benzene rings is 1. The van der Waals surface area contributed by atoms with Crippen molar-refractivity contribution >= 4 is 18.1 Å². The van der Waals surface area contributed by atoms with E-state index in [0.29, 0.717) is 11.5 Å². The lowest BCUT2D eigenvalue weighted by atomic mass is 9.80. The maximum absolute atomic E-state index is 11.5. The van der Waals surface area contributed by atoms with Gasteiger partial charge < -0.3 is 9.15 Å². The van der Waals surface area contributed by atoms with Crippen molar-refractivity contribution in [3.63, 3.8) is 0 Å². The van der Waals surface area contributed by atoms with Crippen LogP contribution < -0.4 is 5.43 Å². The van der Waals surface area contributed by atoms with Gasteiger partial charge in [0.05, 0.1) is 18.9 Å². The summed E-state index contributed by atoms with van der Waals surface area (Å²) in [7, 11) is 1.35. The summed E-state index contributed by atoms with van der Waals surface area (Å²) in [5.74, 6) is 1.58. The second-order valence-electron chi connectivity index (χ2n) is 7.69. The largest absolute Gasteiger partial charge is 0.465 e. The number of ether oxygens (including phenoxy) is 1. The van der Waals surface area contributed by atoms with E-state index in [2.05, 4.69) is 33.2 Å². The summed E-state index contributed by atoms with van der Waals surface area (Å²) in [6, 6.07) is 8.91. The Morgan fingerprint density at radius 1 is 1.33 bits per heavy atom. The number of nitrogens with zero attached hydrogens (tertiary/aromatic N) is 3. The Kier molecular flexibility index (Phi) is 7.61. The van der Waals surface area contributed by atoms with Crippen LogP contribution in [0, 0.1) is 17.2 Å². The van der Waals surface area contributed by atoms with Crippen LogP contribution in [0.4, 0.5) is 5.88 Å². The van der Waals surface area contributed by atoms with Crippen LogP contribution in [0.2, 0.25) is 0 Å². The molecule has 1 N–H and O–H groups in total. The Bertz CT molecular complexity index is 904. The molecule has 1 aromatic heterocycles. The van der Waals surface area contributed by atoms with E-state index < -0.39 is 0 Å². The fourth-order valence-electron chi connectivity index (χ4n) is 3.84. The minimum absolute atomic E-state index is 0.219. The van der Waals surface area contributed by atoms with Crippen LogP contribution in [-0.4, -0.2) is 24.3 Å². The van der Waals surface area contributed by atoms with Gasteiger partial charge in [-0.25, -0.2) is 15.2 Å². The molecule has 3 rings (SSSR count). The van der Waals surface area contributed by atoms with Gasteiger partial charge in [-0.1, -0.05) is 38.3 Å². The molecule has 0 saturated heterocycles. The summed E-state index contributed by atoms with van der Waals surface area (Å²) in [5.41, 5.74) is 4.26. The quantitative estimate of drug-likeness (QED) is 0.364. The molecule has 0 atom stereocenters. The molecule has 1 aromatic carbocycles. The highest BCUT2D eigenvalue weighted by Gasteiger charge is 2.27. The zero-order valence-corrected chi connectivity index (χ0v) is 17.6. The average Bonchev–Trinajstić information content (AvgIpc) is 3.21. The molecular formula is C23H28N4O3. The Balaban J connectivity index is 1.59. The monoisotopic (exact) mass is 408 g/mol. The van der Waals surface area contributed by atoms with Gasteiger partial charge in [-0.2, -0.15) is 10.4 Å². The number of carbonyl (C=O) groups is 1. The average molecular weight is 409 g/mol. The van der Waals surface area contributed by atoms with Crippen molar-refractivity contribution in [1.29, 1.82) is 5.26 Å². The predicted molar refractivity (Wildman–Crippen MR) is 114 cm³/mol. The number of rotatable bonds is 8. The second-order valence-corrected chi connectivity index (χ2v) is 7.69. The minimum Gasteiger partial charge on any atom is -0.465 e. The van der Waals surface area contributed by atoms with E-state index in [1.807, 2.05) is 0 Å². The number of carbonyl (C=O) groups excluding carboxylic acids is 1. The highest BCUT2D eigenvalue weighted by molar-refractivity contribution is 5.90. The van der Waals surface area contributed by atoms with Gasteiger partial charge in [-0.3, -0.25) is 0 Å². The Morgan fingerprint density at radius 2 is 2.07 bits per heavy atom. The van der Waals surface area contributed by atoms with Crippen molar-refractivity contribution in [2.24, 2.45) is 11.0 Å². The number of hydrogen-bond acceptors (Lipinski definition) is 7. The Hall–Kier alpha value is -3.14. The minimum atomic E-state index is -0.385. The van der Waals surface area contributed by atoms with E-state index in [9.17, 15) is 10.1 Å². The van der Waals surface area contributed by atoms with E-state index >= 15 is 0 Å². The molecule has 0 radical (unpaired) electrons. The molecule has 1 fully saturated rings. The highest BCUT2D eigenvalue weighted by Crippen LogP contribution is 2.38. The van der Waals surface area contributed by atoms with Crippen LogP contribution in [0.15, 0.2) is 33.8 Å². The second kappa shape index (κ2) is 10.6. The summed E-state index contributed by atoms with van der Waals surface area (Å²) in [6.07, 6.45) is 9.92. The van der Waals surface area contributed by atoms with Crippen LogP contribution in [0.5, 0.6) is 0 Å². The molecule has 158 valence electrons. The third-order valence-corrected chi connectivity index (χ3v) is 5.62. The van der Waals surface area contributed by atoms with E-state index in [1.165, 1.54) is 39.2 Å².